The molecule has 7 aromatic rings. The Hall–Kier alpha value is -7.49. The summed E-state index contributed by atoms with van der Waals surface area (Å²) in [7, 11) is 3.20. The van der Waals surface area contributed by atoms with Gasteiger partial charge in [-0.2, -0.15) is 0 Å². The van der Waals surface area contributed by atoms with Gasteiger partial charge >= 0.3 is 5.97 Å². The Kier molecular flexibility index (Phi) is 11.3. The van der Waals surface area contributed by atoms with E-state index in [4.69, 9.17) is 23.7 Å². The number of fused-ring (bicyclic) bond motifs is 1. The standard InChI is InChI=1S/C45H38N6O9/c1-56-35-21-15-32(16-22-35)45(31-11-7-4-8-12-31,33-17-23-36(57-2)24-18-33)58-26-38-37(60-44(53)30-13-19-34(20-14-30)51(54)55)25-39(59-38)50-28-48-40-41(46-27-47-42(40)50)49-43(52)29-9-5-3-6-10-29/h3-24,27-28,37-39H,25-26H2,1-2H3,(H,46,47,49,52)/t37-,38-,39-/m1/s1. The van der Waals surface area contributed by atoms with Gasteiger partial charge in [0.15, 0.2) is 17.0 Å². The zero-order valence-electron chi connectivity index (χ0n) is 32.4. The van der Waals surface area contributed by atoms with Crippen LogP contribution >= 0.6 is 0 Å². The van der Waals surface area contributed by atoms with Crippen LogP contribution in [0.2, 0.25) is 0 Å². The average Bonchev–Trinajstić information content (AvgIpc) is 3.92. The van der Waals surface area contributed by atoms with Gasteiger partial charge in [0.1, 0.15) is 41.9 Å². The maximum absolute atomic E-state index is 13.7. The van der Waals surface area contributed by atoms with Crippen molar-refractivity contribution in [2.45, 2.75) is 30.5 Å². The average molecular weight is 807 g/mol. The number of hydrogen-bond acceptors (Lipinski definition) is 12. The third-order valence-electron chi connectivity index (χ3n) is 10.3. The first-order chi connectivity index (χ1) is 29.3. The van der Waals surface area contributed by atoms with Crippen molar-refractivity contribution in [1.82, 2.24) is 19.5 Å². The van der Waals surface area contributed by atoms with E-state index in [0.717, 1.165) is 16.7 Å². The number of amides is 1. The number of nitrogens with zero attached hydrogens (tertiary/aromatic N) is 5. The summed E-state index contributed by atoms with van der Waals surface area (Å²) in [5.41, 5.74) is 2.28. The minimum atomic E-state index is -1.21. The molecule has 1 aliphatic rings. The summed E-state index contributed by atoms with van der Waals surface area (Å²) < 4.78 is 32.7. The molecule has 3 heterocycles. The Morgan fingerprint density at radius 1 is 0.783 bits per heavy atom. The maximum Gasteiger partial charge on any atom is 0.338 e. The Labute approximate surface area is 343 Å². The predicted octanol–water partition coefficient (Wildman–Crippen LogP) is 7.53. The zero-order valence-corrected chi connectivity index (χ0v) is 32.4. The van der Waals surface area contributed by atoms with Crippen LogP contribution in [0.15, 0.2) is 146 Å². The first-order valence-corrected chi connectivity index (χ1v) is 18.9. The van der Waals surface area contributed by atoms with Gasteiger partial charge in [0.05, 0.1) is 37.6 Å². The van der Waals surface area contributed by atoms with E-state index in [1.165, 1.54) is 36.9 Å². The molecule has 1 aliphatic heterocycles. The smallest absolute Gasteiger partial charge is 0.338 e. The number of rotatable bonds is 14. The summed E-state index contributed by atoms with van der Waals surface area (Å²) >= 11 is 0. The molecule has 15 nitrogen and oxygen atoms in total. The molecule has 1 fully saturated rings. The number of esters is 1. The number of carbonyl (C=O) groups excluding carboxylic acids is 2. The summed E-state index contributed by atoms with van der Waals surface area (Å²) in [5.74, 6) is 0.462. The number of ether oxygens (including phenoxy) is 5. The van der Waals surface area contributed by atoms with E-state index in [2.05, 4.69) is 20.3 Å². The molecule has 5 aromatic carbocycles. The van der Waals surface area contributed by atoms with Crippen molar-refractivity contribution in [2.75, 3.05) is 26.1 Å². The van der Waals surface area contributed by atoms with Gasteiger partial charge in [-0.15, -0.1) is 0 Å². The number of imidazole rings is 1. The molecule has 1 N–H and O–H groups in total. The van der Waals surface area contributed by atoms with E-state index in [1.54, 1.807) is 43.1 Å². The number of anilines is 1. The fourth-order valence-corrected chi connectivity index (χ4v) is 7.27. The van der Waals surface area contributed by atoms with Gasteiger partial charge in [-0.25, -0.2) is 19.7 Å². The number of benzene rings is 5. The zero-order chi connectivity index (χ0) is 41.6. The SMILES string of the molecule is COc1ccc(C(OC[C@H]2O[C@@H](n3cnc4c(NC(=O)c5ccccc5)ncnc43)C[C@H]2OC(=O)c2ccc([N+](=O)[O-])cc2)(c2ccccc2)c2ccc(OC)cc2)cc1. The van der Waals surface area contributed by atoms with Crippen LogP contribution in [0.5, 0.6) is 11.5 Å². The van der Waals surface area contributed by atoms with Crippen LogP contribution in [0.3, 0.4) is 0 Å². The number of carbonyl (C=O) groups is 2. The number of non-ortho nitro benzene ring substituents is 1. The van der Waals surface area contributed by atoms with E-state index >= 15 is 0 Å². The number of nitro benzene ring substituents is 1. The predicted molar refractivity (Wildman–Crippen MR) is 219 cm³/mol. The van der Waals surface area contributed by atoms with Crippen LogP contribution in [-0.2, 0) is 19.8 Å². The molecule has 60 heavy (non-hydrogen) atoms. The van der Waals surface area contributed by atoms with E-state index < -0.39 is 34.9 Å². The molecule has 8 rings (SSSR count). The lowest BCUT2D eigenvalue weighted by molar-refractivity contribution is -0.384. The molecule has 15 heteroatoms. The topological polar surface area (TPSA) is 179 Å². The summed E-state index contributed by atoms with van der Waals surface area (Å²) in [6.45, 7) is -0.0817. The van der Waals surface area contributed by atoms with Gasteiger partial charge in [0.2, 0.25) is 0 Å². The maximum atomic E-state index is 13.7. The fraction of sp³-hybridized carbons (Fsp3) is 0.178. The van der Waals surface area contributed by atoms with Gasteiger partial charge in [-0.3, -0.25) is 19.5 Å². The van der Waals surface area contributed by atoms with Crippen molar-refractivity contribution in [3.63, 3.8) is 0 Å². The quantitative estimate of drug-likeness (QED) is 0.0495. The second-order valence-corrected chi connectivity index (χ2v) is 13.8. The number of nitrogens with one attached hydrogen (secondary N) is 1. The minimum absolute atomic E-state index is 0.0817. The largest absolute Gasteiger partial charge is 0.497 e. The summed E-state index contributed by atoms with van der Waals surface area (Å²) in [6.07, 6.45) is 0.503. The van der Waals surface area contributed by atoms with Crippen molar-refractivity contribution in [2.24, 2.45) is 0 Å². The normalized spacial score (nSPS) is 16.3. The number of methoxy groups -OCH3 is 2. The summed E-state index contributed by atoms with van der Waals surface area (Å²) in [4.78, 5) is 50.9. The number of nitro groups is 1. The van der Waals surface area contributed by atoms with Gasteiger partial charge in [0, 0.05) is 24.1 Å². The number of aromatic nitrogens is 4. The van der Waals surface area contributed by atoms with Gasteiger partial charge in [0.25, 0.3) is 11.6 Å². The minimum Gasteiger partial charge on any atom is -0.497 e. The Bertz CT molecular complexity index is 2560. The van der Waals surface area contributed by atoms with E-state index in [1.807, 2.05) is 84.9 Å². The third kappa shape index (κ3) is 7.86. The van der Waals surface area contributed by atoms with Crippen LogP contribution in [0.25, 0.3) is 11.2 Å². The lowest BCUT2D eigenvalue weighted by Gasteiger charge is -2.37. The highest BCUT2D eigenvalue weighted by Gasteiger charge is 2.44. The highest BCUT2D eigenvalue weighted by atomic mass is 16.6. The van der Waals surface area contributed by atoms with Crippen molar-refractivity contribution in [3.05, 3.63) is 184 Å². The van der Waals surface area contributed by atoms with Crippen LogP contribution in [0.4, 0.5) is 11.5 Å². The molecule has 2 aromatic heterocycles. The second-order valence-electron chi connectivity index (χ2n) is 13.8. The lowest BCUT2D eigenvalue weighted by Crippen LogP contribution is -2.39. The van der Waals surface area contributed by atoms with Crippen molar-refractivity contribution in [1.29, 1.82) is 0 Å². The molecular weight excluding hydrogens is 769 g/mol. The molecule has 0 spiro atoms. The molecule has 1 amide bonds. The van der Waals surface area contributed by atoms with E-state index in [0.29, 0.717) is 28.2 Å². The first-order valence-electron chi connectivity index (χ1n) is 18.9. The van der Waals surface area contributed by atoms with Crippen LogP contribution < -0.4 is 14.8 Å². The summed E-state index contributed by atoms with van der Waals surface area (Å²) in [6, 6.07) is 38.8. The monoisotopic (exact) mass is 806 g/mol. The molecular formula is C45H38N6O9. The molecule has 1 saturated heterocycles. The van der Waals surface area contributed by atoms with E-state index in [9.17, 15) is 19.7 Å². The van der Waals surface area contributed by atoms with E-state index in [-0.39, 0.29) is 36.0 Å². The molecule has 302 valence electrons. The molecule has 0 radical (unpaired) electrons. The molecule has 0 bridgehead atoms. The second kappa shape index (κ2) is 17.2. The molecule has 3 atom stereocenters. The van der Waals surface area contributed by atoms with Crippen LogP contribution in [0.1, 0.15) is 50.1 Å². The molecule has 0 saturated carbocycles. The molecule has 0 unspecified atom stereocenters. The Morgan fingerprint density at radius 3 is 1.98 bits per heavy atom. The highest BCUT2D eigenvalue weighted by molar-refractivity contribution is 6.06. The van der Waals surface area contributed by atoms with Crippen molar-refractivity contribution < 1.29 is 38.2 Å². The Morgan fingerprint density at radius 2 is 1.38 bits per heavy atom. The van der Waals surface area contributed by atoms with Gasteiger partial charge < -0.3 is 29.0 Å². The van der Waals surface area contributed by atoms with Crippen molar-refractivity contribution >= 4 is 34.5 Å². The summed E-state index contributed by atoms with van der Waals surface area (Å²) in [5, 5.41) is 14.1. The Balaban J connectivity index is 1.16. The van der Waals surface area contributed by atoms with Gasteiger partial charge in [-0.1, -0.05) is 72.8 Å². The first kappa shape index (κ1) is 39.3. The fourth-order valence-electron chi connectivity index (χ4n) is 7.27. The molecule has 0 aliphatic carbocycles. The van der Waals surface area contributed by atoms with Crippen molar-refractivity contribution in [3.8, 4) is 11.5 Å². The van der Waals surface area contributed by atoms with Gasteiger partial charge in [-0.05, 0) is 65.2 Å². The van der Waals surface area contributed by atoms with Crippen LogP contribution in [0, 0.1) is 10.1 Å². The lowest BCUT2D eigenvalue weighted by atomic mass is 9.80. The number of hydrogen-bond donors (Lipinski definition) is 1. The van der Waals surface area contributed by atoms with Crippen LogP contribution in [-0.4, -0.2) is 69.4 Å². The third-order valence-corrected chi connectivity index (χ3v) is 10.3. The highest BCUT2D eigenvalue weighted by Crippen LogP contribution is 2.43.